The molecule has 5 nitrogen and oxygen atoms in total. The second-order valence-electron chi connectivity index (χ2n) is 6.14. The lowest BCUT2D eigenvalue weighted by molar-refractivity contribution is 1.02. The van der Waals surface area contributed by atoms with E-state index in [2.05, 4.69) is 32.6 Å². The molecule has 26 heavy (non-hydrogen) atoms. The number of H-pyrrole nitrogens is 2. The van der Waals surface area contributed by atoms with Crippen LogP contribution in [0.15, 0.2) is 64.2 Å². The Kier molecular flexibility index (Phi) is 3.30. The maximum Gasteiger partial charge on any atom is 0.280 e. The molecule has 0 unspecified atom stereocenters. The van der Waals surface area contributed by atoms with Crippen LogP contribution in [0.5, 0.6) is 0 Å². The van der Waals surface area contributed by atoms with Crippen LogP contribution >= 0.6 is 22.6 Å². The summed E-state index contributed by atoms with van der Waals surface area (Å²) in [5, 5.41) is 2.13. The summed E-state index contributed by atoms with van der Waals surface area (Å²) in [6.07, 6.45) is 1.72. The first-order chi connectivity index (χ1) is 12.6. The number of benzene rings is 2. The quantitative estimate of drug-likeness (QED) is 0.384. The third-order valence-corrected chi connectivity index (χ3v) is 5.57. The van der Waals surface area contributed by atoms with E-state index in [4.69, 9.17) is 0 Å². The average Bonchev–Trinajstić information content (AvgIpc) is 3.18. The number of hydrogen-bond donors (Lipinski definition) is 2. The zero-order chi connectivity index (χ0) is 17.8. The molecule has 2 aromatic carbocycles. The van der Waals surface area contributed by atoms with Crippen molar-refractivity contribution in [1.82, 2.24) is 14.4 Å². The molecule has 0 radical (unpaired) electrons. The van der Waals surface area contributed by atoms with E-state index < -0.39 is 0 Å². The van der Waals surface area contributed by atoms with Crippen LogP contribution in [0.3, 0.4) is 0 Å². The van der Waals surface area contributed by atoms with Gasteiger partial charge in [0, 0.05) is 19.9 Å². The molecule has 0 atom stereocenters. The minimum atomic E-state index is -0.282. The van der Waals surface area contributed by atoms with Gasteiger partial charge in [-0.3, -0.25) is 14.0 Å². The van der Waals surface area contributed by atoms with E-state index in [0.29, 0.717) is 11.2 Å². The number of fused-ring (bicyclic) bond motifs is 5. The topological polar surface area (TPSA) is 70.1 Å². The molecule has 0 amide bonds. The van der Waals surface area contributed by atoms with Crippen molar-refractivity contribution in [2.24, 2.45) is 0 Å². The highest BCUT2D eigenvalue weighted by Crippen LogP contribution is 2.26. The predicted octanol–water partition coefficient (Wildman–Crippen LogP) is 2.77. The van der Waals surface area contributed by atoms with E-state index in [0.717, 1.165) is 25.4 Å². The van der Waals surface area contributed by atoms with Crippen molar-refractivity contribution in [2.45, 2.75) is 0 Å². The molecule has 3 heterocycles. The molecule has 0 bridgehead atoms. The Bertz CT molecular complexity index is 1490. The summed E-state index contributed by atoms with van der Waals surface area (Å²) in [6.45, 7) is 0. The first-order valence-corrected chi connectivity index (χ1v) is 9.16. The van der Waals surface area contributed by atoms with E-state index in [9.17, 15) is 9.59 Å². The second-order valence-corrected chi connectivity index (χ2v) is 7.30. The monoisotopic (exact) mass is 453 g/mol. The average molecular weight is 453 g/mol. The van der Waals surface area contributed by atoms with Crippen molar-refractivity contribution in [3.05, 3.63) is 89.8 Å². The summed E-state index contributed by atoms with van der Waals surface area (Å²) in [7, 11) is 0. The summed E-state index contributed by atoms with van der Waals surface area (Å²) < 4.78 is 2.48. The lowest BCUT2D eigenvalue weighted by atomic mass is 10.2. The molecular weight excluding hydrogens is 441 g/mol. The molecule has 5 rings (SSSR count). The van der Waals surface area contributed by atoms with Gasteiger partial charge < -0.3 is 9.97 Å². The number of nitrogens with zero attached hydrogens (tertiary/aromatic N) is 1. The fourth-order valence-electron chi connectivity index (χ4n) is 3.38. The van der Waals surface area contributed by atoms with Gasteiger partial charge in [0.15, 0.2) is 0 Å². The standard InChI is InChI=1S/C20H12IN3O2/c21-14-7-3-1-5-11(14)9-16-20(26)24-17(19(25)23-16)10-13-12-6-2-4-8-15(12)22-18(13)24/h1-10,22H,(H,23,25)/b16-9-. The van der Waals surface area contributed by atoms with Gasteiger partial charge in [0.25, 0.3) is 11.1 Å². The highest BCUT2D eigenvalue weighted by atomic mass is 127. The number of rotatable bonds is 1. The largest absolute Gasteiger partial charge is 0.340 e. The molecule has 2 N–H and O–H groups in total. The molecule has 0 saturated carbocycles. The number of nitrogens with one attached hydrogen (secondary N) is 2. The minimum absolute atomic E-state index is 0.249. The lowest BCUT2D eigenvalue weighted by Crippen LogP contribution is -2.39. The Morgan fingerprint density at radius 1 is 0.923 bits per heavy atom. The molecule has 6 heteroatoms. The van der Waals surface area contributed by atoms with Crippen LogP contribution in [0.1, 0.15) is 5.56 Å². The van der Waals surface area contributed by atoms with Crippen LogP contribution in [0.25, 0.3) is 33.5 Å². The Hall–Kier alpha value is -2.87. The van der Waals surface area contributed by atoms with Gasteiger partial charge in [0.1, 0.15) is 16.5 Å². The zero-order valence-corrected chi connectivity index (χ0v) is 15.6. The maximum absolute atomic E-state index is 13.1. The fraction of sp³-hybridized carbons (Fsp3) is 0. The van der Waals surface area contributed by atoms with Gasteiger partial charge in [-0.25, -0.2) is 0 Å². The van der Waals surface area contributed by atoms with Crippen LogP contribution in [0, 0.1) is 3.57 Å². The second kappa shape index (κ2) is 5.57. The minimum Gasteiger partial charge on any atom is -0.340 e. The Balaban J connectivity index is 1.95. The summed E-state index contributed by atoms with van der Waals surface area (Å²) in [4.78, 5) is 31.7. The van der Waals surface area contributed by atoms with Gasteiger partial charge >= 0.3 is 0 Å². The van der Waals surface area contributed by atoms with Crippen LogP contribution in [0.2, 0.25) is 0 Å². The molecule has 3 aromatic heterocycles. The Labute approximate surface area is 160 Å². The van der Waals surface area contributed by atoms with Crippen LogP contribution in [-0.4, -0.2) is 14.4 Å². The SMILES string of the molecule is O=c1[nH]/c(=C\c2ccccc2I)c(=O)n2c1cc1c3ccccc3[nH]c12. The first-order valence-electron chi connectivity index (χ1n) is 8.08. The van der Waals surface area contributed by atoms with Crippen LogP contribution < -0.4 is 16.5 Å². The van der Waals surface area contributed by atoms with Crippen molar-refractivity contribution >= 4 is 56.1 Å². The smallest absolute Gasteiger partial charge is 0.280 e. The van der Waals surface area contributed by atoms with Crippen molar-refractivity contribution in [3.8, 4) is 0 Å². The third-order valence-electron chi connectivity index (χ3n) is 4.59. The summed E-state index contributed by atoms with van der Waals surface area (Å²) in [5.41, 5.74) is 2.29. The molecule has 126 valence electrons. The van der Waals surface area contributed by atoms with Crippen LogP contribution in [-0.2, 0) is 0 Å². The molecule has 0 spiro atoms. The zero-order valence-electron chi connectivity index (χ0n) is 13.4. The molecule has 0 aliphatic heterocycles. The third kappa shape index (κ3) is 2.15. The highest BCUT2D eigenvalue weighted by Gasteiger charge is 2.14. The Morgan fingerprint density at radius 3 is 2.54 bits per heavy atom. The molecule has 0 aliphatic carbocycles. The van der Waals surface area contributed by atoms with Gasteiger partial charge in [-0.15, -0.1) is 0 Å². The van der Waals surface area contributed by atoms with Crippen molar-refractivity contribution < 1.29 is 0 Å². The molecule has 5 aromatic rings. The van der Waals surface area contributed by atoms with Gasteiger partial charge in [-0.1, -0.05) is 36.4 Å². The van der Waals surface area contributed by atoms with Gasteiger partial charge in [0.05, 0.1) is 0 Å². The molecule has 0 aliphatic rings. The van der Waals surface area contributed by atoms with E-state index in [-0.39, 0.29) is 16.5 Å². The summed E-state index contributed by atoms with van der Waals surface area (Å²) in [6, 6.07) is 17.3. The number of aromatic nitrogens is 3. The predicted molar refractivity (Wildman–Crippen MR) is 112 cm³/mol. The number of para-hydroxylation sites is 1. The first kappa shape index (κ1) is 15.4. The van der Waals surface area contributed by atoms with Gasteiger partial charge in [-0.05, 0) is 52.4 Å². The number of halogens is 1. The van der Waals surface area contributed by atoms with Crippen molar-refractivity contribution in [2.75, 3.05) is 0 Å². The fourth-order valence-corrected chi connectivity index (χ4v) is 3.92. The Morgan fingerprint density at radius 2 is 1.69 bits per heavy atom. The highest BCUT2D eigenvalue weighted by molar-refractivity contribution is 14.1. The van der Waals surface area contributed by atoms with Crippen molar-refractivity contribution in [3.63, 3.8) is 0 Å². The van der Waals surface area contributed by atoms with E-state index in [1.807, 2.05) is 48.5 Å². The van der Waals surface area contributed by atoms with E-state index in [1.165, 1.54) is 4.40 Å². The molecule has 0 saturated heterocycles. The summed E-state index contributed by atoms with van der Waals surface area (Å²) >= 11 is 2.21. The summed E-state index contributed by atoms with van der Waals surface area (Å²) in [5.74, 6) is 0. The van der Waals surface area contributed by atoms with Gasteiger partial charge in [0.2, 0.25) is 0 Å². The molecular formula is C20H12IN3O2. The number of aromatic amines is 2. The lowest BCUT2D eigenvalue weighted by Gasteiger charge is -1.98. The molecule has 0 fully saturated rings. The van der Waals surface area contributed by atoms with Crippen LogP contribution in [0.4, 0.5) is 0 Å². The normalized spacial score (nSPS) is 12.6. The van der Waals surface area contributed by atoms with E-state index in [1.54, 1.807) is 12.1 Å². The van der Waals surface area contributed by atoms with Gasteiger partial charge in [-0.2, -0.15) is 0 Å². The van der Waals surface area contributed by atoms with E-state index >= 15 is 0 Å². The van der Waals surface area contributed by atoms with Crippen molar-refractivity contribution in [1.29, 1.82) is 0 Å². The maximum atomic E-state index is 13.1. The number of hydrogen-bond acceptors (Lipinski definition) is 2.